The largest absolute Gasteiger partial charge is 0.385 e. The summed E-state index contributed by atoms with van der Waals surface area (Å²) >= 11 is 6.28. The second kappa shape index (κ2) is 6.49. The summed E-state index contributed by atoms with van der Waals surface area (Å²) in [6, 6.07) is 6.20. The van der Waals surface area contributed by atoms with Crippen molar-refractivity contribution in [3.05, 3.63) is 23.2 Å². The maximum absolute atomic E-state index is 6.28. The molecule has 0 aromatic heterocycles. The molecule has 0 radical (unpaired) electrons. The van der Waals surface area contributed by atoms with Crippen molar-refractivity contribution in [2.75, 3.05) is 51.0 Å². The highest BCUT2D eigenvalue weighted by Crippen LogP contribution is 2.27. The molecule has 2 rings (SSSR count). The summed E-state index contributed by atoms with van der Waals surface area (Å²) in [6.07, 6.45) is 2.57. The predicted octanol–water partition coefficient (Wildman–Crippen LogP) is 3.16. The second-order valence-corrected chi connectivity index (χ2v) is 6.10. The third kappa shape index (κ3) is 4.02. The minimum Gasteiger partial charge on any atom is -0.385 e. The Balaban J connectivity index is 1.88. The van der Waals surface area contributed by atoms with Crippen LogP contribution < -0.4 is 10.2 Å². The highest BCUT2D eigenvalue weighted by atomic mass is 35.5. The van der Waals surface area contributed by atoms with Gasteiger partial charge in [0.1, 0.15) is 0 Å². The van der Waals surface area contributed by atoms with Crippen LogP contribution in [-0.4, -0.2) is 45.7 Å². The molecule has 0 amide bonds. The molecule has 1 aromatic carbocycles. The van der Waals surface area contributed by atoms with Crippen molar-refractivity contribution in [1.29, 1.82) is 0 Å². The van der Waals surface area contributed by atoms with Crippen LogP contribution in [0.25, 0.3) is 0 Å². The van der Waals surface area contributed by atoms with Crippen LogP contribution >= 0.6 is 11.6 Å². The van der Waals surface area contributed by atoms with Crippen molar-refractivity contribution in [2.24, 2.45) is 5.92 Å². The van der Waals surface area contributed by atoms with Crippen molar-refractivity contribution in [2.45, 2.75) is 12.8 Å². The summed E-state index contributed by atoms with van der Waals surface area (Å²) in [5.74, 6) is 0.781. The van der Waals surface area contributed by atoms with E-state index in [0.29, 0.717) is 0 Å². The molecule has 1 N–H and O–H groups in total. The van der Waals surface area contributed by atoms with Crippen LogP contribution in [0.15, 0.2) is 18.2 Å². The Hall–Kier alpha value is -0.930. The van der Waals surface area contributed by atoms with Gasteiger partial charge in [-0.3, -0.25) is 0 Å². The first-order valence-corrected chi connectivity index (χ1v) is 7.33. The van der Waals surface area contributed by atoms with Crippen LogP contribution in [-0.2, 0) is 0 Å². The molecule has 1 heterocycles. The standard InChI is InChI=1S/C15H24ClN3/c1-18(2)15-5-4-13(10-14(15)16)17-11-12-6-8-19(3)9-7-12/h4-5,10,12,17H,6-9,11H2,1-3H3. The highest BCUT2D eigenvalue weighted by molar-refractivity contribution is 6.33. The van der Waals surface area contributed by atoms with Crippen LogP contribution in [0.3, 0.4) is 0 Å². The van der Waals surface area contributed by atoms with Gasteiger partial charge >= 0.3 is 0 Å². The predicted molar refractivity (Wildman–Crippen MR) is 84.5 cm³/mol. The lowest BCUT2D eigenvalue weighted by Gasteiger charge is -2.29. The van der Waals surface area contributed by atoms with Crippen molar-refractivity contribution in [1.82, 2.24) is 4.90 Å². The van der Waals surface area contributed by atoms with Crippen LogP contribution in [0.2, 0.25) is 5.02 Å². The summed E-state index contributed by atoms with van der Waals surface area (Å²) in [5, 5.41) is 4.32. The highest BCUT2D eigenvalue weighted by Gasteiger charge is 2.16. The second-order valence-electron chi connectivity index (χ2n) is 5.69. The summed E-state index contributed by atoms with van der Waals surface area (Å²) in [5.41, 5.74) is 2.18. The molecule has 0 saturated carbocycles. The van der Waals surface area contributed by atoms with E-state index < -0.39 is 0 Å². The van der Waals surface area contributed by atoms with Crippen molar-refractivity contribution < 1.29 is 0 Å². The van der Waals surface area contributed by atoms with Gasteiger partial charge in [0.25, 0.3) is 0 Å². The fourth-order valence-corrected chi connectivity index (χ4v) is 2.86. The number of hydrogen-bond acceptors (Lipinski definition) is 3. The summed E-state index contributed by atoms with van der Waals surface area (Å²) in [4.78, 5) is 4.43. The first-order valence-electron chi connectivity index (χ1n) is 6.95. The molecule has 4 heteroatoms. The molecule has 1 fully saturated rings. The van der Waals surface area contributed by atoms with Gasteiger partial charge in [-0.15, -0.1) is 0 Å². The Morgan fingerprint density at radius 1 is 1.32 bits per heavy atom. The maximum Gasteiger partial charge on any atom is 0.0659 e. The van der Waals surface area contributed by atoms with Gasteiger partial charge in [0, 0.05) is 26.3 Å². The molecule has 0 aliphatic carbocycles. The molecule has 1 aliphatic heterocycles. The Kier molecular flexibility index (Phi) is 4.94. The minimum absolute atomic E-state index is 0.781. The van der Waals surface area contributed by atoms with Crippen LogP contribution in [0.5, 0.6) is 0 Å². The number of hydrogen-bond donors (Lipinski definition) is 1. The van der Waals surface area contributed by atoms with Gasteiger partial charge in [0.15, 0.2) is 0 Å². The molecule has 3 nitrogen and oxygen atoms in total. The van der Waals surface area contributed by atoms with E-state index in [1.807, 2.05) is 25.1 Å². The van der Waals surface area contributed by atoms with E-state index >= 15 is 0 Å². The van der Waals surface area contributed by atoms with Gasteiger partial charge < -0.3 is 15.1 Å². The first kappa shape index (κ1) is 14.5. The van der Waals surface area contributed by atoms with E-state index in [-0.39, 0.29) is 0 Å². The monoisotopic (exact) mass is 281 g/mol. The lowest BCUT2D eigenvalue weighted by molar-refractivity contribution is 0.226. The number of rotatable bonds is 4. The quantitative estimate of drug-likeness (QED) is 0.915. The number of likely N-dealkylation sites (tertiary alicyclic amines) is 1. The van der Waals surface area contributed by atoms with Crippen molar-refractivity contribution >= 4 is 23.0 Å². The molecular weight excluding hydrogens is 258 g/mol. The molecule has 0 unspecified atom stereocenters. The maximum atomic E-state index is 6.28. The van der Waals surface area contributed by atoms with E-state index in [9.17, 15) is 0 Å². The smallest absolute Gasteiger partial charge is 0.0659 e. The molecule has 1 saturated heterocycles. The van der Waals surface area contributed by atoms with Crippen molar-refractivity contribution in [3.63, 3.8) is 0 Å². The molecule has 1 aromatic rings. The SMILES string of the molecule is CN1CCC(CNc2ccc(N(C)C)c(Cl)c2)CC1. The minimum atomic E-state index is 0.781. The van der Waals surface area contributed by atoms with Crippen molar-refractivity contribution in [3.8, 4) is 0 Å². The van der Waals surface area contributed by atoms with E-state index in [4.69, 9.17) is 11.6 Å². The zero-order valence-electron chi connectivity index (χ0n) is 12.1. The third-order valence-corrected chi connectivity index (χ3v) is 4.17. The van der Waals surface area contributed by atoms with Crippen LogP contribution in [0, 0.1) is 5.92 Å². The fourth-order valence-electron chi connectivity index (χ4n) is 2.51. The molecule has 1 aliphatic rings. The fraction of sp³-hybridized carbons (Fsp3) is 0.600. The van der Waals surface area contributed by atoms with Gasteiger partial charge in [0.2, 0.25) is 0 Å². The average Bonchev–Trinajstić information content (AvgIpc) is 2.37. The number of nitrogens with one attached hydrogen (secondary N) is 1. The van der Waals surface area contributed by atoms with E-state index in [1.165, 1.54) is 25.9 Å². The molecular formula is C15H24ClN3. The van der Waals surface area contributed by atoms with Gasteiger partial charge in [0.05, 0.1) is 10.7 Å². The zero-order valence-corrected chi connectivity index (χ0v) is 12.9. The molecule has 0 spiro atoms. The lowest BCUT2D eigenvalue weighted by atomic mass is 9.97. The summed E-state index contributed by atoms with van der Waals surface area (Å²) in [7, 11) is 6.21. The third-order valence-electron chi connectivity index (χ3n) is 3.86. The number of piperidine rings is 1. The van der Waals surface area contributed by atoms with Crippen LogP contribution in [0.1, 0.15) is 12.8 Å². The topological polar surface area (TPSA) is 18.5 Å². The average molecular weight is 282 g/mol. The van der Waals surface area contributed by atoms with E-state index in [2.05, 4.69) is 29.4 Å². The number of halogens is 1. The lowest BCUT2D eigenvalue weighted by Crippen LogP contribution is -2.32. The number of anilines is 2. The van der Waals surface area contributed by atoms with E-state index in [0.717, 1.165) is 28.9 Å². The molecule has 19 heavy (non-hydrogen) atoms. The molecule has 0 bridgehead atoms. The van der Waals surface area contributed by atoms with Gasteiger partial charge in [-0.25, -0.2) is 0 Å². The normalized spacial score (nSPS) is 17.5. The van der Waals surface area contributed by atoms with E-state index in [1.54, 1.807) is 0 Å². The van der Waals surface area contributed by atoms with Gasteiger partial charge in [-0.2, -0.15) is 0 Å². The van der Waals surface area contributed by atoms with Gasteiger partial charge in [-0.1, -0.05) is 11.6 Å². The summed E-state index contributed by atoms with van der Waals surface area (Å²) in [6.45, 7) is 3.48. The zero-order chi connectivity index (χ0) is 13.8. The Labute approximate surface area is 121 Å². The molecule has 106 valence electrons. The molecule has 0 atom stereocenters. The Morgan fingerprint density at radius 2 is 2.00 bits per heavy atom. The number of nitrogens with zero attached hydrogens (tertiary/aromatic N) is 2. The Bertz CT molecular complexity index is 412. The first-order chi connectivity index (χ1) is 9.06. The Morgan fingerprint density at radius 3 is 2.58 bits per heavy atom. The number of benzene rings is 1. The van der Waals surface area contributed by atoms with Gasteiger partial charge in [-0.05, 0) is 57.1 Å². The van der Waals surface area contributed by atoms with Crippen LogP contribution in [0.4, 0.5) is 11.4 Å². The summed E-state index contributed by atoms with van der Waals surface area (Å²) < 4.78 is 0.